The summed E-state index contributed by atoms with van der Waals surface area (Å²) < 4.78 is 13.2. The number of rotatable bonds is 6. The van der Waals surface area contributed by atoms with E-state index in [9.17, 15) is 4.79 Å². The van der Waals surface area contributed by atoms with Gasteiger partial charge < -0.3 is 9.15 Å². The molecule has 0 radical (unpaired) electrons. The first-order chi connectivity index (χ1) is 15.6. The topological polar surface area (TPSA) is 69.6 Å². The van der Waals surface area contributed by atoms with Gasteiger partial charge in [-0.2, -0.15) is 9.50 Å². The monoisotopic (exact) mass is 461 g/mol. The Kier molecular flexibility index (Phi) is 5.34. The van der Waals surface area contributed by atoms with Crippen LogP contribution in [0.2, 0.25) is 5.02 Å². The maximum Gasteiger partial charge on any atom is 0.291 e. The lowest BCUT2D eigenvalue weighted by Crippen LogP contribution is -2.23. The van der Waals surface area contributed by atoms with Gasteiger partial charge in [0.25, 0.3) is 5.56 Å². The molecule has 0 fully saturated rings. The molecule has 0 unspecified atom stereocenters. The maximum atomic E-state index is 12.8. The first-order valence-electron chi connectivity index (χ1n) is 9.72. The SMILES string of the molecule is C=CCOc1ccc(-c2nc3s/c(=C\c4ccc(-c5cccc(Cl)c5)o4)c(=O)n3n2)cc1. The Morgan fingerprint density at radius 3 is 2.72 bits per heavy atom. The fourth-order valence-electron chi connectivity index (χ4n) is 3.17. The van der Waals surface area contributed by atoms with E-state index in [2.05, 4.69) is 16.7 Å². The number of hydrogen-bond acceptors (Lipinski definition) is 6. The lowest BCUT2D eigenvalue weighted by Gasteiger charge is -2.02. The van der Waals surface area contributed by atoms with Crippen LogP contribution in [0.4, 0.5) is 0 Å². The summed E-state index contributed by atoms with van der Waals surface area (Å²) in [6.07, 6.45) is 3.38. The van der Waals surface area contributed by atoms with Crippen LogP contribution in [-0.4, -0.2) is 21.2 Å². The van der Waals surface area contributed by atoms with Crippen molar-refractivity contribution in [2.24, 2.45) is 0 Å². The van der Waals surface area contributed by atoms with Gasteiger partial charge in [0.15, 0.2) is 5.82 Å². The summed E-state index contributed by atoms with van der Waals surface area (Å²) in [5, 5.41) is 5.01. The number of benzene rings is 2. The summed E-state index contributed by atoms with van der Waals surface area (Å²) in [6, 6.07) is 18.4. The highest BCUT2D eigenvalue weighted by Crippen LogP contribution is 2.25. The molecule has 3 aromatic heterocycles. The van der Waals surface area contributed by atoms with Crippen LogP contribution in [0.25, 0.3) is 33.7 Å². The number of halogens is 1. The van der Waals surface area contributed by atoms with E-state index in [1.165, 1.54) is 15.9 Å². The Balaban J connectivity index is 1.44. The molecule has 0 spiro atoms. The number of thiazole rings is 1. The first-order valence-corrected chi connectivity index (χ1v) is 10.9. The van der Waals surface area contributed by atoms with Crippen molar-refractivity contribution in [1.82, 2.24) is 14.6 Å². The first kappa shape index (κ1) is 20.2. The summed E-state index contributed by atoms with van der Waals surface area (Å²) in [6.45, 7) is 4.07. The zero-order chi connectivity index (χ0) is 22.1. The van der Waals surface area contributed by atoms with Crippen LogP contribution in [0.3, 0.4) is 0 Å². The van der Waals surface area contributed by atoms with Crippen molar-refractivity contribution >= 4 is 34.0 Å². The molecule has 0 aliphatic carbocycles. The van der Waals surface area contributed by atoms with Crippen LogP contribution in [0.1, 0.15) is 5.76 Å². The average molecular weight is 462 g/mol. The van der Waals surface area contributed by atoms with Crippen LogP contribution in [0.15, 0.2) is 82.5 Å². The normalized spacial score (nSPS) is 11.8. The molecule has 5 aromatic rings. The van der Waals surface area contributed by atoms with Crippen molar-refractivity contribution in [3.05, 3.63) is 99.0 Å². The van der Waals surface area contributed by atoms with Gasteiger partial charge in [-0.15, -0.1) is 5.10 Å². The smallest absolute Gasteiger partial charge is 0.291 e. The highest BCUT2D eigenvalue weighted by atomic mass is 35.5. The van der Waals surface area contributed by atoms with Crippen molar-refractivity contribution < 1.29 is 9.15 Å². The molecule has 0 aliphatic heterocycles. The van der Waals surface area contributed by atoms with Crippen molar-refractivity contribution in [3.8, 4) is 28.5 Å². The second-order valence-corrected chi connectivity index (χ2v) is 8.33. The van der Waals surface area contributed by atoms with Crippen LogP contribution >= 0.6 is 22.9 Å². The minimum Gasteiger partial charge on any atom is -0.490 e. The molecule has 0 aliphatic rings. The Labute approximate surface area is 191 Å². The Morgan fingerprint density at radius 2 is 1.97 bits per heavy atom. The third-order valence-corrected chi connectivity index (χ3v) is 5.87. The second kappa shape index (κ2) is 8.45. The number of hydrogen-bond donors (Lipinski definition) is 0. The van der Waals surface area contributed by atoms with Crippen LogP contribution < -0.4 is 14.8 Å². The highest BCUT2D eigenvalue weighted by molar-refractivity contribution is 7.15. The third kappa shape index (κ3) is 3.95. The largest absolute Gasteiger partial charge is 0.490 e. The fourth-order valence-corrected chi connectivity index (χ4v) is 4.25. The average Bonchev–Trinajstić information content (AvgIpc) is 3.50. The molecule has 3 heterocycles. The van der Waals surface area contributed by atoms with E-state index < -0.39 is 0 Å². The van der Waals surface area contributed by atoms with Gasteiger partial charge in [-0.3, -0.25) is 4.79 Å². The van der Waals surface area contributed by atoms with Crippen LogP contribution in [-0.2, 0) is 0 Å². The van der Waals surface area contributed by atoms with Gasteiger partial charge in [-0.1, -0.05) is 47.7 Å². The van der Waals surface area contributed by atoms with Gasteiger partial charge in [-0.25, -0.2) is 0 Å². The van der Waals surface area contributed by atoms with Crippen molar-refractivity contribution in [3.63, 3.8) is 0 Å². The minimum absolute atomic E-state index is 0.240. The number of ether oxygens (including phenoxy) is 1. The quantitative estimate of drug-likeness (QED) is 0.338. The van der Waals surface area contributed by atoms with Crippen molar-refractivity contribution in [2.75, 3.05) is 6.61 Å². The van der Waals surface area contributed by atoms with E-state index >= 15 is 0 Å². The minimum atomic E-state index is -0.240. The van der Waals surface area contributed by atoms with Gasteiger partial charge in [0, 0.05) is 22.2 Å². The van der Waals surface area contributed by atoms with Gasteiger partial charge in [0.2, 0.25) is 4.96 Å². The van der Waals surface area contributed by atoms with E-state index in [4.69, 9.17) is 20.8 Å². The van der Waals surface area contributed by atoms with Crippen molar-refractivity contribution in [1.29, 1.82) is 0 Å². The van der Waals surface area contributed by atoms with Gasteiger partial charge in [0.1, 0.15) is 28.4 Å². The fraction of sp³-hybridized carbons (Fsp3) is 0.0417. The molecule has 0 amide bonds. The molecule has 0 saturated heterocycles. The van der Waals surface area contributed by atoms with E-state index in [-0.39, 0.29) is 5.56 Å². The standard InChI is InChI=1S/C24H16ClN3O3S/c1-2-12-30-18-8-6-15(7-9-18)22-26-24-28(27-22)23(29)21(32-24)14-19-10-11-20(31-19)16-4-3-5-17(25)13-16/h2-11,13-14H,1,12H2/b21-14-. The predicted octanol–water partition coefficient (Wildman–Crippen LogP) is 4.84. The molecule has 2 aromatic carbocycles. The number of aromatic nitrogens is 3. The molecule has 0 saturated carbocycles. The Morgan fingerprint density at radius 1 is 1.12 bits per heavy atom. The predicted molar refractivity (Wildman–Crippen MR) is 126 cm³/mol. The molecule has 0 atom stereocenters. The number of furan rings is 1. The zero-order valence-electron chi connectivity index (χ0n) is 16.7. The summed E-state index contributed by atoms with van der Waals surface area (Å²) in [5.41, 5.74) is 1.43. The summed E-state index contributed by atoms with van der Waals surface area (Å²) >= 11 is 7.31. The van der Waals surface area contributed by atoms with Gasteiger partial charge in [0.05, 0.1) is 0 Å². The summed E-state index contributed by atoms with van der Waals surface area (Å²) in [4.78, 5) is 17.8. The molecule has 8 heteroatoms. The molecular weight excluding hydrogens is 446 g/mol. The second-order valence-electron chi connectivity index (χ2n) is 6.88. The third-order valence-electron chi connectivity index (χ3n) is 4.67. The van der Waals surface area contributed by atoms with E-state index in [0.29, 0.717) is 38.5 Å². The number of fused-ring (bicyclic) bond motifs is 1. The molecule has 0 N–H and O–H groups in total. The highest BCUT2D eigenvalue weighted by Gasteiger charge is 2.13. The van der Waals surface area contributed by atoms with E-state index in [0.717, 1.165) is 16.9 Å². The molecule has 6 nitrogen and oxygen atoms in total. The number of nitrogens with zero attached hydrogens (tertiary/aromatic N) is 3. The van der Waals surface area contributed by atoms with Crippen molar-refractivity contribution in [2.45, 2.75) is 0 Å². The molecule has 158 valence electrons. The molecule has 5 rings (SSSR count). The van der Waals surface area contributed by atoms with Crippen LogP contribution in [0, 0.1) is 0 Å². The molecule has 32 heavy (non-hydrogen) atoms. The van der Waals surface area contributed by atoms with E-state index in [1.807, 2.05) is 54.6 Å². The van der Waals surface area contributed by atoms with Crippen LogP contribution in [0.5, 0.6) is 5.75 Å². The lowest BCUT2D eigenvalue weighted by atomic mass is 10.2. The Hall–Kier alpha value is -3.68. The van der Waals surface area contributed by atoms with Gasteiger partial charge >= 0.3 is 0 Å². The summed E-state index contributed by atoms with van der Waals surface area (Å²) in [7, 11) is 0. The summed E-state index contributed by atoms with van der Waals surface area (Å²) in [5.74, 6) is 2.45. The van der Waals surface area contributed by atoms with E-state index in [1.54, 1.807) is 18.2 Å². The molecular formula is C24H16ClN3O3S. The molecule has 0 bridgehead atoms. The maximum absolute atomic E-state index is 12.8. The zero-order valence-corrected chi connectivity index (χ0v) is 18.3. The lowest BCUT2D eigenvalue weighted by molar-refractivity contribution is 0.363. The Bertz CT molecular complexity index is 1530. The van der Waals surface area contributed by atoms with Gasteiger partial charge in [-0.05, 0) is 48.5 Å².